The van der Waals surface area contributed by atoms with E-state index in [4.69, 9.17) is 4.98 Å². The Morgan fingerprint density at radius 1 is 0.667 bits per heavy atom. The zero-order valence-corrected chi connectivity index (χ0v) is 14.0. The second kappa shape index (κ2) is 5.93. The Morgan fingerprint density at radius 2 is 1.42 bits per heavy atom. The van der Waals surface area contributed by atoms with Gasteiger partial charge in [0.15, 0.2) is 0 Å². The van der Waals surface area contributed by atoms with E-state index in [2.05, 4.69) is 92.7 Å². The van der Waals surface area contributed by atoms with Gasteiger partial charge in [0.25, 0.3) is 0 Å². The average Bonchev–Trinajstić information content (AvgIpc) is 2.62. The molecule has 0 unspecified atom stereocenters. The van der Waals surface area contributed by atoms with Gasteiger partial charge in [-0.1, -0.05) is 66.2 Å². The monoisotopic (exact) mass is 309 g/mol. The molecule has 1 nitrogen and oxygen atoms in total. The number of aromatic nitrogens is 1. The van der Waals surface area contributed by atoms with Crippen LogP contribution in [0.5, 0.6) is 0 Å². The van der Waals surface area contributed by atoms with Crippen molar-refractivity contribution in [2.75, 3.05) is 0 Å². The van der Waals surface area contributed by atoms with Crippen LogP contribution in [0.4, 0.5) is 0 Å². The maximum atomic E-state index is 4.93. The van der Waals surface area contributed by atoms with Crippen LogP contribution in [0.3, 0.4) is 0 Å². The van der Waals surface area contributed by atoms with Crippen LogP contribution in [-0.2, 0) is 0 Å². The summed E-state index contributed by atoms with van der Waals surface area (Å²) in [7, 11) is 0. The van der Waals surface area contributed by atoms with Crippen LogP contribution in [0.1, 0.15) is 11.1 Å². The molecule has 0 aliphatic rings. The standard InChI is InChI=1S/C23H19N/c1-16-12-13-22-21(14-16)20(18-9-4-3-5-10-18)15-23(24-22)19-11-7-6-8-17(19)2/h3-15H,1-2H3. The summed E-state index contributed by atoms with van der Waals surface area (Å²) in [5.74, 6) is 0. The molecule has 0 aliphatic heterocycles. The van der Waals surface area contributed by atoms with Gasteiger partial charge in [-0.15, -0.1) is 0 Å². The molecule has 0 atom stereocenters. The van der Waals surface area contributed by atoms with Gasteiger partial charge in [0, 0.05) is 10.9 Å². The maximum absolute atomic E-state index is 4.93. The second-order valence-corrected chi connectivity index (χ2v) is 6.26. The van der Waals surface area contributed by atoms with Crippen molar-refractivity contribution >= 4 is 10.9 Å². The molecular formula is C23H19N. The summed E-state index contributed by atoms with van der Waals surface area (Å²) >= 11 is 0. The van der Waals surface area contributed by atoms with Gasteiger partial charge < -0.3 is 0 Å². The smallest absolute Gasteiger partial charge is 0.0718 e. The van der Waals surface area contributed by atoms with Crippen molar-refractivity contribution < 1.29 is 0 Å². The number of hydrogen-bond acceptors (Lipinski definition) is 1. The highest BCUT2D eigenvalue weighted by molar-refractivity contribution is 5.97. The number of fused-ring (bicyclic) bond motifs is 1. The Bertz CT molecular complexity index is 1020. The third-order valence-corrected chi connectivity index (χ3v) is 4.47. The lowest BCUT2D eigenvalue weighted by atomic mass is 9.96. The molecule has 1 aromatic heterocycles. The Kier molecular flexibility index (Phi) is 3.62. The summed E-state index contributed by atoms with van der Waals surface area (Å²) in [4.78, 5) is 4.93. The van der Waals surface area contributed by atoms with Gasteiger partial charge in [-0.05, 0) is 48.7 Å². The second-order valence-electron chi connectivity index (χ2n) is 6.26. The first-order chi connectivity index (χ1) is 11.7. The van der Waals surface area contributed by atoms with Crippen LogP contribution < -0.4 is 0 Å². The Morgan fingerprint density at radius 3 is 2.21 bits per heavy atom. The molecule has 4 aromatic rings. The minimum absolute atomic E-state index is 1.03. The van der Waals surface area contributed by atoms with Gasteiger partial charge in [-0.3, -0.25) is 0 Å². The number of hydrogen-bond donors (Lipinski definition) is 0. The average molecular weight is 309 g/mol. The van der Waals surface area contributed by atoms with Crippen LogP contribution in [0.25, 0.3) is 33.3 Å². The lowest BCUT2D eigenvalue weighted by Gasteiger charge is -2.12. The predicted molar refractivity (Wildman–Crippen MR) is 102 cm³/mol. The molecule has 0 spiro atoms. The summed E-state index contributed by atoms with van der Waals surface area (Å²) in [6, 6.07) is 27.7. The van der Waals surface area contributed by atoms with Gasteiger partial charge in [-0.2, -0.15) is 0 Å². The number of aryl methyl sites for hydroxylation is 2. The molecule has 0 saturated heterocycles. The highest BCUT2D eigenvalue weighted by atomic mass is 14.7. The van der Waals surface area contributed by atoms with Crippen LogP contribution in [0.2, 0.25) is 0 Å². The molecule has 1 heteroatoms. The Hall–Kier alpha value is -2.93. The van der Waals surface area contributed by atoms with Crippen LogP contribution >= 0.6 is 0 Å². The molecule has 0 aliphatic carbocycles. The molecular weight excluding hydrogens is 290 g/mol. The van der Waals surface area contributed by atoms with Crippen molar-refractivity contribution in [2.45, 2.75) is 13.8 Å². The third-order valence-electron chi connectivity index (χ3n) is 4.47. The minimum atomic E-state index is 1.03. The van der Waals surface area contributed by atoms with E-state index in [0.717, 1.165) is 11.2 Å². The fourth-order valence-electron chi connectivity index (χ4n) is 3.19. The van der Waals surface area contributed by atoms with Crippen molar-refractivity contribution in [2.24, 2.45) is 0 Å². The highest BCUT2D eigenvalue weighted by Crippen LogP contribution is 2.33. The molecule has 0 saturated carbocycles. The van der Waals surface area contributed by atoms with Crippen molar-refractivity contribution in [3.8, 4) is 22.4 Å². The molecule has 0 bridgehead atoms. The first-order valence-corrected chi connectivity index (χ1v) is 8.25. The van der Waals surface area contributed by atoms with Crippen molar-refractivity contribution in [1.82, 2.24) is 4.98 Å². The largest absolute Gasteiger partial charge is 0.248 e. The van der Waals surface area contributed by atoms with E-state index in [0.29, 0.717) is 0 Å². The quantitative estimate of drug-likeness (QED) is 0.430. The summed E-state index contributed by atoms with van der Waals surface area (Å²) in [5, 5.41) is 1.21. The van der Waals surface area contributed by atoms with Gasteiger partial charge in [0.05, 0.1) is 11.2 Å². The van der Waals surface area contributed by atoms with Crippen LogP contribution in [0.15, 0.2) is 78.9 Å². The summed E-state index contributed by atoms with van der Waals surface area (Å²) in [5.41, 5.74) is 8.23. The van der Waals surface area contributed by atoms with E-state index in [1.54, 1.807) is 0 Å². The van der Waals surface area contributed by atoms with Gasteiger partial charge in [0.2, 0.25) is 0 Å². The fraction of sp³-hybridized carbons (Fsp3) is 0.0870. The lowest BCUT2D eigenvalue weighted by molar-refractivity contribution is 1.35. The fourth-order valence-corrected chi connectivity index (χ4v) is 3.19. The summed E-state index contributed by atoms with van der Waals surface area (Å²) in [6.07, 6.45) is 0. The van der Waals surface area contributed by atoms with E-state index in [1.165, 1.54) is 33.2 Å². The molecule has 3 aromatic carbocycles. The maximum Gasteiger partial charge on any atom is 0.0718 e. The van der Waals surface area contributed by atoms with E-state index in [1.807, 2.05) is 0 Å². The zero-order chi connectivity index (χ0) is 16.5. The van der Waals surface area contributed by atoms with E-state index >= 15 is 0 Å². The molecule has 0 N–H and O–H groups in total. The van der Waals surface area contributed by atoms with Crippen molar-refractivity contribution in [1.29, 1.82) is 0 Å². The predicted octanol–water partition coefficient (Wildman–Crippen LogP) is 6.19. The number of rotatable bonds is 2. The molecule has 0 radical (unpaired) electrons. The normalized spacial score (nSPS) is 10.9. The van der Waals surface area contributed by atoms with Crippen LogP contribution in [0, 0.1) is 13.8 Å². The zero-order valence-electron chi connectivity index (χ0n) is 14.0. The molecule has 4 rings (SSSR count). The van der Waals surface area contributed by atoms with E-state index < -0.39 is 0 Å². The molecule has 24 heavy (non-hydrogen) atoms. The lowest BCUT2D eigenvalue weighted by Crippen LogP contribution is -1.92. The summed E-state index contributed by atoms with van der Waals surface area (Å²) < 4.78 is 0. The molecule has 0 fully saturated rings. The summed E-state index contributed by atoms with van der Waals surface area (Å²) in [6.45, 7) is 4.27. The Labute approximate surface area is 142 Å². The molecule has 116 valence electrons. The van der Waals surface area contributed by atoms with Crippen LogP contribution in [-0.4, -0.2) is 4.98 Å². The molecule has 1 heterocycles. The minimum Gasteiger partial charge on any atom is -0.248 e. The number of pyridine rings is 1. The van der Waals surface area contributed by atoms with Gasteiger partial charge >= 0.3 is 0 Å². The van der Waals surface area contributed by atoms with E-state index in [9.17, 15) is 0 Å². The number of nitrogens with zero attached hydrogens (tertiary/aromatic N) is 1. The van der Waals surface area contributed by atoms with Gasteiger partial charge in [-0.25, -0.2) is 4.98 Å². The first kappa shape index (κ1) is 14.6. The van der Waals surface area contributed by atoms with Crippen molar-refractivity contribution in [3.05, 3.63) is 90.0 Å². The van der Waals surface area contributed by atoms with E-state index in [-0.39, 0.29) is 0 Å². The number of benzene rings is 3. The topological polar surface area (TPSA) is 12.9 Å². The third kappa shape index (κ3) is 2.59. The van der Waals surface area contributed by atoms with Crippen molar-refractivity contribution in [3.63, 3.8) is 0 Å². The molecule has 0 amide bonds. The Balaban J connectivity index is 2.05. The van der Waals surface area contributed by atoms with Gasteiger partial charge in [0.1, 0.15) is 0 Å². The SMILES string of the molecule is Cc1ccc2nc(-c3ccccc3C)cc(-c3ccccc3)c2c1. The highest BCUT2D eigenvalue weighted by Gasteiger charge is 2.10. The first-order valence-electron chi connectivity index (χ1n) is 8.25.